The molecule has 0 bridgehead atoms. The van der Waals surface area contributed by atoms with Crippen molar-refractivity contribution in [3.8, 4) is 16.9 Å². The fourth-order valence-corrected chi connectivity index (χ4v) is 3.58. The number of hydrogen-bond acceptors (Lipinski definition) is 5. The molecule has 3 aromatic rings. The van der Waals surface area contributed by atoms with Crippen molar-refractivity contribution < 1.29 is 14.3 Å². The monoisotopic (exact) mass is 420 g/mol. The lowest BCUT2D eigenvalue weighted by atomic mass is 10.1. The maximum Gasteiger partial charge on any atom is 0.306 e. The number of aromatic nitrogens is 1. The van der Waals surface area contributed by atoms with Crippen LogP contribution in [0.3, 0.4) is 0 Å². The summed E-state index contributed by atoms with van der Waals surface area (Å²) in [7, 11) is 1.81. The molecule has 0 atom stereocenters. The maximum atomic E-state index is 11.9. The SMILES string of the molecule is CCOC(=O)CCc1ccc(-c2ccc(NNC)cc2)n1-c1ccc(C(N)=O)cc1C. The smallest absolute Gasteiger partial charge is 0.306 e. The lowest BCUT2D eigenvalue weighted by molar-refractivity contribution is -0.143. The van der Waals surface area contributed by atoms with Gasteiger partial charge in [0.1, 0.15) is 0 Å². The summed E-state index contributed by atoms with van der Waals surface area (Å²) in [4.78, 5) is 23.5. The Hall–Kier alpha value is -3.58. The van der Waals surface area contributed by atoms with Gasteiger partial charge in [-0.05, 0) is 73.9 Å². The molecular weight excluding hydrogens is 392 g/mol. The highest BCUT2D eigenvalue weighted by Gasteiger charge is 2.16. The molecule has 0 radical (unpaired) electrons. The zero-order valence-electron chi connectivity index (χ0n) is 18.1. The van der Waals surface area contributed by atoms with E-state index >= 15 is 0 Å². The number of nitrogens with one attached hydrogen (secondary N) is 2. The lowest BCUT2D eigenvalue weighted by Gasteiger charge is -2.17. The zero-order chi connectivity index (χ0) is 22.4. The molecule has 1 heterocycles. The first-order valence-corrected chi connectivity index (χ1v) is 10.2. The van der Waals surface area contributed by atoms with Crippen LogP contribution in [0.4, 0.5) is 5.69 Å². The van der Waals surface area contributed by atoms with Crippen molar-refractivity contribution in [1.82, 2.24) is 9.99 Å². The van der Waals surface area contributed by atoms with Crippen molar-refractivity contribution >= 4 is 17.6 Å². The van der Waals surface area contributed by atoms with Gasteiger partial charge in [-0.2, -0.15) is 0 Å². The second-order valence-corrected chi connectivity index (χ2v) is 7.17. The minimum Gasteiger partial charge on any atom is -0.466 e. The van der Waals surface area contributed by atoms with E-state index in [0.29, 0.717) is 25.0 Å². The number of anilines is 1. The van der Waals surface area contributed by atoms with Crippen LogP contribution in [0.25, 0.3) is 16.9 Å². The van der Waals surface area contributed by atoms with Crippen LogP contribution in [-0.2, 0) is 16.0 Å². The molecule has 7 heteroatoms. The standard InChI is InChI=1S/C24H28N4O3/c1-4-31-23(29)14-11-20-10-13-22(17-5-8-19(9-6-17)27-26-3)28(20)21-12-7-18(24(25)30)15-16(21)2/h5-10,12-13,15,26-27H,4,11,14H2,1-3H3,(H2,25,30). The molecular formula is C24H28N4O3. The molecule has 1 amide bonds. The molecule has 7 nitrogen and oxygen atoms in total. The van der Waals surface area contributed by atoms with E-state index in [2.05, 4.69) is 15.4 Å². The van der Waals surface area contributed by atoms with Gasteiger partial charge in [0.05, 0.1) is 18.7 Å². The summed E-state index contributed by atoms with van der Waals surface area (Å²) in [5.41, 5.74) is 17.7. The van der Waals surface area contributed by atoms with E-state index in [1.165, 1.54) is 0 Å². The highest BCUT2D eigenvalue weighted by atomic mass is 16.5. The number of nitrogens with zero attached hydrogens (tertiary/aromatic N) is 1. The minimum atomic E-state index is -0.461. The first-order chi connectivity index (χ1) is 14.9. The molecule has 3 rings (SSSR count). The normalized spacial score (nSPS) is 10.7. The van der Waals surface area contributed by atoms with Crippen molar-refractivity contribution in [3.63, 3.8) is 0 Å². The van der Waals surface area contributed by atoms with Gasteiger partial charge in [0.2, 0.25) is 5.91 Å². The third-order valence-electron chi connectivity index (χ3n) is 5.02. The van der Waals surface area contributed by atoms with E-state index in [9.17, 15) is 9.59 Å². The summed E-state index contributed by atoms with van der Waals surface area (Å²) in [5.74, 6) is -0.683. The van der Waals surface area contributed by atoms with Crippen molar-refractivity contribution in [2.24, 2.45) is 5.73 Å². The predicted octanol–water partition coefficient (Wildman–Crippen LogP) is 3.59. The van der Waals surface area contributed by atoms with E-state index in [-0.39, 0.29) is 5.97 Å². The van der Waals surface area contributed by atoms with Gasteiger partial charge in [-0.25, -0.2) is 5.43 Å². The second kappa shape index (κ2) is 9.95. The van der Waals surface area contributed by atoms with Gasteiger partial charge in [0.25, 0.3) is 0 Å². The number of esters is 1. The van der Waals surface area contributed by atoms with E-state index in [0.717, 1.165) is 33.9 Å². The zero-order valence-corrected chi connectivity index (χ0v) is 18.1. The Balaban J connectivity index is 2.05. The van der Waals surface area contributed by atoms with Crippen LogP contribution in [0.5, 0.6) is 0 Å². The highest BCUT2D eigenvalue weighted by Crippen LogP contribution is 2.30. The number of hydrogen-bond donors (Lipinski definition) is 3. The molecule has 4 N–H and O–H groups in total. The molecule has 0 saturated carbocycles. The molecule has 0 spiro atoms. The van der Waals surface area contributed by atoms with E-state index in [4.69, 9.17) is 10.5 Å². The molecule has 0 fully saturated rings. The summed E-state index contributed by atoms with van der Waals surface area (Å²) in [5, 5.41) is 0. The number of nitrogens with two attached hydrogens (primary N) is 1. The van der Waals surface area contributed by atoms with Crippen molar-refractivity contribution in [2.45, 2.75) is 26.7 Å². The van der Waals surface area contributed by atoms with Gasteiger partial charge in [0, 0.05) is 29.7 Å². The van der Waals surface area contributed by atoms with Gasteiger partial charge in [-0.1, -0.05) is 12.1 Å². The minimum absolute atomic E-state index is 0.222. The molecule has 31 heavy (non-hydrogen) atoms. The van der Waals surface area contributed by atoms with Gasteiger partial charge < -0.3 is 20.5 Å². The summed E-state index contributed by atoms with van der Waals surface area (Å²) in [6.07, 6.45) is 0.829. The fourth-order valence-electron chi connectivity index (χ4n) is 3.58. The Morgan fingerprint density at radius 2 is 1.81 bits per heavy atom. The van der Waals surface area contributed by atoms with Gasteiger partial charge >= 0.3 is 5.97 Å². The fraction of sp³-hybridized carbons (Fsp3) is 0.250. The first kappa shape index (κ1) is 22.1. The quantitative estimate of drug-likeness (QED) is 0.363. The van der Waals surface area contributed by atoms with E-state index in [1.807, 2.05) is 56.4 Å². The molecule has 162 valence electrons. The number of benzene rings is 2. The van der Waals surface area contributed by atoms with E-state index < -0.39 is 5.91 Å². The molecule has 0 aliphatic carbocycles. The lowest BCUT2D eigenvalue weighted by Crippen LogP contribution is -2.14. The summed E-state index contributed by atoms with van der Waals surface area (Å²) in [6, 6.07) is 17.5. The first-order valence-electron chi connectivity index (χ1n) is 10.2. The number of carbonyl (C=O) groups is 2. The average molecular weight is 421 g/mol. The number of rotatable bonds is 9. The van der Waals surface area contributed by atoms with Crippen molar-refractivity contribution in [1.29, 1.82) is 0 Å². The topological polar surface area (TPSA) is 98.4 Å². The number of hydrazine groups is 1. The summed E-state index contributed by atoms with van der Waals surface area (Å²) >= 11 is 0. The van der Waals surface area contributed by atoms with Crippen LogP contribution in [0.2, 0.25) is 0 Å². The average Bonchev–Trinajstić information content (AvgIpc) is 3.17. The second-order valence-electron chi connectivity index (χ2n) is 7.17. The van der Waals surface area contributed by atoms with Crippen LogP contribution in [0, 0.1) is 6.92 Å². The Bertz CT molecular complexity index is 1070. The molecule has 1 aromatic heterocycles. The van der Waals surface area contributed by atoms with Crippen molar-refractivity contribution in [2.75, 3.05) is 19.1 Å². The largest absolute Gasteiger partial charge is 0.466 e. The molecule has 0 aliphatic heterocycles. The summed E-state index contributed by atoms with van der Waals surface area (Å²) in [6.45, 7) is 4.11. The molecule has 0 unspecified atom stereocenters. The Labute approximate surface area is 182 Å². The van der Waals surface area contributed by atoms with Gasteiger partial charge in [0.15, 0.2) is 0 Å². The molecule has 2 aromatic carbocycles. The Morgan fingerprint density at radius 1 is 1.06 bits per heavy atom. The van der Waals surface area contributed by atoms with Gasteiger partial charge in [-0.15, -0.1) is 0 Å². The van der Waals surface area contributed by atoms with Crippen LogP contribution >= 0.6 is 0 Å². The van der Waals surface area contributed by atoms with Crippen LogP contribution in [0.1, 0.15) is 35.0 Å². The Morgan fingerprint density at radius 3 is 2.42 bits per heavy atom. The number of amides is 1. The van der Waals surface area contributed by atoms with Crippen molar-refractivity contribution in [3.05, 3.63) is 71.4 Å². The van der Waals surface area contributed by atoms with Crippen LogP contribution < -0.4 is 16.6 Å². The predicted molar refractivity (Wildman–Crippen MR) is 122 cm³/mol. The molecule has 0 saturated heterocycles. The van der Waals surface area contributed by atoms with Crippen LogP contribution in [0.15, 0.2) is 54.6 Å². The number of aryl methyl sites for hydroxylation is 2. The summed E-state index contributed by atoms with van der Waals surface area (Å²) < 4.78 is 7.21. The third kappa shape index (κ3) is 5.13. The third-order valence-corrected chi connectivity index (χ3v) is 5.02. The van der Waals surface area contributed by atoms with E-state index in [1.54, 1.807) is 19.1 Å². The Kier molecular flexibility index (Phi) is 7.10. The highest BCUT2D eigenvalue weighted by molar-refractivity contribution is 5.93. The maximum absolute atomic E-state index is 11.9. The number of carbonyl (C=O) groups excluding carboxylic acids is 2. The number of ether oxygens (including phenoxy) is 1. The van der Waals surface area contributed by atoms with Gasteiger partial charge in [-0.3, -0.25) is 9.59 Å². The van der Waals surface area contributed by atoms with Crippen LogP contribution in [-0.4, -0.2) is 30.1 Å². The number of primary amides is 1. The molecule has 0 aliphatic rings.